The average Bonchev–Trinajstić information content (AvgIpc) is 2.81. The van der Waals surface area contributed by atoms with E-state index in [4.69, 9.17) is 0 Å². The number of aldehydes is 1. The number of aromatic nitrogens is 2. The zero-order valence-corrected chi connectivity index (χ0v) is 10.2. The van der Waals surface area contributed by atoms with Crippen molar-refractivity contribution in [2.24, 2.45) is 0 Å². The predicted octanol–water partition coefficient (Wildman–Crippen LogP) is 2.05. The highest BCUT2D eigenvalue weighted by Gasteiger charge is 2.14. The van der Waals surface area contributed by atoms with Crippen LogP contribution in [0.4, 0.5) is 11.4 Å². The van der Waals surface area contributed by atoms with E-state index in [1.165, 1.54) is 18.2 Å². The van der Waals surface area contributed by atoms with Gasteiger partial charge in [-0.15, -0.1) is 0 Å². The maximum atomic E-state index is 10.9. The molecule has 2 N–H and O–H groups in total. The summed E-state index contributed by atoms with van der Waals surface area (Å²) in [5.41, 5.74) is 2.35. The zero-order chi connectivity index (χ0) is 13.8. The third kappa shape index (κ3) is 2.76. The maximum Gasteiger partial charge on any atom is 0.293 e. The minimum absolute atomic E-state index is 0.120. The van der Waals surface area contributed by atoms with Gasteiger partial charge in [0.25, 0.3) is 5.69 Å². The monoisotopic (exact) mass is 260 g/mol. The summed E-state index contributed by atoms with van der Waals surface area (Å²) >= 11 is 0. The Balaban J connectivity index is 2.22. The van der Waals surface area contributed by atoms with Crippen LogP contribution in [0.3, 0.4) is 0 Å². The fourth-order valence-corrected chi connectivity index (χ4v) is 1.67. The Morgan fingerprint density at radius 2 is 2.32 bits per heavy atom. The summed E-state index contributed by atoms with van der Waals surface area (Å²) in [5, 5.41) is 20.6. The third-order valence-corrected chi connectivity index (χ3v) is 2.76. The SMILES string of the molecule is Cc1[nH]ncc1CNc1ccc(C=O)cc1[N+](=O)[O-]. The molecule has 19 heavy (non-hydrogen) atoms. The van der Waals surface area contributed by atoms with Gasteiger partial charge in [0.1, 0.15) is 12.0 Å². The molecule has 98 valence electrons. The highest BCUT2D eigenvalue weighted by molar-refractivity contribution is 5.79. The van der Waals surface area contributed by atoms with Crippen LogP contribution in [0.1, 0.15) is 21.6 Å². The van der Waals surface area contributed by atoms with Crippen molar-refractivity contribution in [3.05, 3.63) is 51.3 Å². The fourth-order valence-electron chi connectivity index (χ4n) is 1.67. The fraction of sp³-hybridized carbons (Fsp3) is 0.167. The molecule has 0 atom stereocenters. The van der Waals surface area contributed by atoms with Gasteiger partial charge in [0.05, 0.1) is 11.1 Å². The number of hydrogen-bond acceptors (Lipinski definition) is 5. The first-order chi connectivity index (χ1) is 9.11. The maximum absolute atomic E-state index is 10.9. The number of nitrogens with one attached hydrogen (secondary N) is 2. The normalized spacial score (nSPS) is 10.2. The summed E-state index contributed by atoms with van der Waals surface area (Å²) in [4.78, 5) is 21.1. The number of carbonyl (C=O) groups excluding carboxylic acids is 1. The number of aryl methyl sites for hydroxylation is 1. The molecule has 0 aliphatic carbocycles. The topological polar surface area (TPSA) is 101 Å². The van der Waals surface area contributed by atoms with Crippen LogP contribution < -0.4 is 5.32 Å². The number of rotatable bonds is 5. The van der Waals surface area contributed by atoms with Crippen LogP contribution in [0.2, 0.25) is 0 Å². The molecule has 1 aromatic carbocycles. The van der Waals surface area contributed by atoms with E-state index in [2.05, 4.69) is 15.5 Å². The van der Waals surface area contributed by atoms with Crippen molar-refractivity contribution < 1.29 is 9.72 Å². The lowest BCUT2D eigenvalue weighted by Crippen LogP contribution is -2.03. The molecule has 0 aliphatic rings. The van der Waals surface area contributed by atoms with E-state index in [1.54, 1.807) is 6.20 Å². The number of anilines is 1. The van der Waals surface area contributed by atoms with Crippen molar-refractivity contribution in [3.63, 3.8) is 0 Å². The van der Waals surface area contributed by atoms with Crippen molar-refractivity contribution in [3.8, 4) is 0 Å². The lowest BCUT2D eigenvalue weighted by molar-refractivity contribution is -0.384. The average molecular weight is 260 g/mol. The van der Waals surface area contributed by atoms with Gasteiger partial charge in [0.2, 0.25) is 0 Å². The molecule has 1 aromatic heterocycles. The van der Waals surface area contributed by atoms with E-state index in [9.17, 15) is 14.9 Å². The van der Waals surface area contributed by atoms with Gasteiger partial charge in [-0.3, -0.25) is 20.0 Å². The first-order valence-electron chi connectivity index (χ1n) is 5.58. The second-order valence-corrected chi connectivity index (χ2v) is 4.03. The number of nitro benzene ring substituents is 1. The standard InChI is InChI=1S/C12H12N4O3/c1-8-10(6-14-15-8)5-13-11-3-2-9(7-17)4-12(11)16(18)19/h2-4,6-7,13H,5H2,1H3,(H,14,15). The predicted molar refractivity (Wildman–Crippen MR) is 69.1 cm³/mol. The number of nitro groups is 1. The molecule has 7 nitrogen and oxygen atoms in total. The van der Waals surface area contributed by atoms with Gasteiger partial charge in [0, 0.05) is 29.4 Å². The number of hydrogen-bond donors (Lipinski definition) is 2. The minimum Gasteiger partial charge on any atom is -0.375 e. The molecule has 1 heterocycles. The Hall–Kier alpha value is -2.70. The Morgan fingerprint density at radius 3 is 2.89 bits per heavy atom. The Labute approximate surface area is 108 Å². The van der Waals surface area contributed by atoms with E-state index < -0.39 is 4.92 Å². The molecule has 0 radical (unpaired) electrons. The lowest BCUT2D eigenvalue weighted by Gasteiger charge is -2.06. The van der Waals surface area contributed by atoms with Crippen molar-refractivity contribution in [2.45, 2.75) is 13.5 Å². The second kappa shape index (κ2) is 5.30. The molecule has 0 bridgehead atoms. The highest BCUT2D eigenvalue weighted by Crippen LogP contribution is 2.25. The van der Waals surface area contributed by atoms with Crippen LogP contribution in [0, 0.1) is 17.0 Å². The summed E-state index contributed by atoms with van der Waals surface area (Å²) in [5.74, 6) is 0. The van der Waals surface area contributed by atoms with Gasteiger partial charge in [0.15, 0.2) is 0 Å². The summed E-state index contributed by atoms with van der Waals surface area (Å²) in [7, 11) is 0. The Kier molecular flexibility index (Phi) is 3.56. The first-order valence-corrected chi connectivity index (χ1v) is 5.58. The van der Waals surface area contributed by atoms with Crippen molar-refractivity contribution >= 4 is 17.7 Å². The molecular formula is C12H12N4O3. The minimum atomic E-state index is -0.516. The number of nitrogens with zero attached hydrogens (tertiary/aromatic N) is 2. The number of aromatic amines is 1. The molecular weight excluding hydrogens is 248 g/mol. The van der Waals surface area contributed by atoms with Crippen LogP contribution in [-0.4, -0.2) is 21.4 Å². The molecule has 2 rings (SSSR count). The molecule has 0 fully saturated rings. The summed E-state index contributed by atoms with van der Waals surface area (Å²) < 4.78 is 0. The molecule has 0 amide bonds. The van der Waals surface area contributed by atoms with Gasteiger partial charge in [-0.05, 0) is 19.1 Å². The van der Waals surface area contributed by atoms with E-state index >= 15 is 0 Å². The van der Waals surface area contributed by atoms with Gasteiger partial charge in [-0.25, -0.2) is 0 Å². The van der Waals surface area contributed by atoms with Crippen LogP contribution in [0.5, 0.6) is 0 Å². The quantitative estimate of drug-likeness (QED) is 0.486. The van der Waals surface area contributed by atoms with Gasteiger partial charge in [-0.1, -0.05) is 0 Å². The Morgan fingerprint density at radius 1 is 1.53 bits per heavy atom. The molecule has 0 aliphatic heterocycles. The smallest absolute Gasteiger partial charge is 0.293 e. The number of benzene rings is 1. The zero-order valence-electron chi connectivity index (χ0n) is 10.2. The molecule has 0 saturated heterocycles. The molecule has 0 saturated carbocycles. The van der Waals surface area contributed by atoms with Crippen molar-refractivity contribution in [1.29, 1.82) is 0 Å². The van der Waals surface area contributed by atoms with Crippen LogP contribution in [0.25, 0.3) is 0 Å². The largest absolute Gasteiger partial charge is 0.375 e. The summed E-state index contributed by atoms with van der Waals surface area (Å²) in [6, 6.07) is 4.30. The van der Waals surface area contributed by atoms with Crippen molar-refractivity contribution in [2.75, 3.05) is 5.32 Å². The Bertz CT molecular complexity index is 621. The van der Waals surface area contributed by atoms with E-state index in [1.807, 2.05) is 6.92 Å². The molecule has 7 heteroatoms. The van der Waals surface area contributed by atoms with Crippen LogP contribution in [0.15, 0.2) is 24.4 Å². The summed E-state index contributed by atoms with van der Waals surface area (Å²) in [6.45, 7) is 2.29. The molecule has 0 spiro atoms. The number of carbonyl (C=O) groups is 1. The van der Waals surface area contributed by atoms with E-state index in [0.717, 1.165) is 11.3 Å². The van der Waals surface area contributed by atoms with Crippen LogP contribution >= 0.6 is 0 Å². The first kappa shape index (κ1) is 12.7. The molecule has 2 aromatic rings. The van der Waals surface area contributed by atoms with Gasteiger partial charge in [-0.2, -0.15) is 5.10 Å². The van der Waals surface area contributed by atoms with Crippen molar-refractivity contribution in [1.82, 2.24) is 10.2 Å². The second-order valence-electron chi connectivity index (χ2n) is 4.03. The van der Waals surface area contributed by atoms with E-state index in [-0.39, 0.29) is 11.3 Å². The molecule has 0 unspecified atom stereocenters. The lowest BCUT2D eigenvalue weighted by atomic mass is 10.2. The van der Waals surface area contributed by atoms with E-state index in [0.29, 0.717) is 18.5 Å². The summed E-state index contributed by atoms with van der Waals surface area (Å²) in [6.07, 6.45) is 2.24. The van der Waals surface area contributed by atoms with Crippen LogP contribution in [-0.2, 0) is 6.54 Å². The highest BCUT2D eigenvalue weighted by atomic mass is 16.6. The van der Waals surface area contributed by atoms with Gasteiger partial charge < -0.3 is 5.32 Å². The third-order valence-electron chi connectivity index (χ3n) is 2.76. The number of H-pyrrole nitrogens is 1. The van der Waals surface area contributed by atoms with Gasteiger partial charge >= 0.3 is 0 Å².